The first kappa shape index (κ1) is 17.4. The van der Waals surface area contributed by atoms with Crippen LogP contribution in [-0.2, 0) is 11.3 Å². The number of anilines is 1. The summed E-state index contributed by atoms with van der Waals surface area (Å²) in [5.41, 5.74) is 1.91. The summed E-state index contributed by atoms with van der Waals surface area (Å²) in [5, 5.41) is 0.382. The molecular formula is C18H16BClN2O3. The van der Waals surface area contributed by atoms with Gasteiger partial charge in [-0.3, -0.25) is 14.6 Å². The minimum Gasteiger partial charge on any atom is -0.497 e. The standard InChI is InChI=1S/C18H16BClN2O3/c1-25-14-5-2-12(3-6-14)11-22-17(23)8-9-21(18(22)24)16-7-4-13(19)10-15(16)20/h2-7,10H,8-9,11H2,1H3. The predicted octanol–water partition coefficient (Wildman–Crippen LogP) is 2.50. The van der Waals surface area contributed by atoms with Crippen LogP contribution in [0.1, 0.15) is 12.0 Å². The van der Waals surface area contributed by atoms with E-state index >= 15 is 0 Å². The fourth-order valence-electron chi connectivity index (χ4n) is 2.73. The van der Waals surface area contributed by atoms with E-state index in [1.54, 1.807) is 37.4 Å². The van der Waals surface area contributed by atoms with Crippen LogP contribution in [0.2, 0.25) is 5.02 Å². The molecule has 2 aromatic rings. The molecule has 0 bridgehead atoms. The predicted molar refractivity (Wildman–Crippen MR) is 97.7 cm³/mol. The average molecular weight is 355 g/mol. The van der Waals surface area contributed by atoms with Crippen molar-refractivity contribution >= 4 is 42.5 Å². The summed E-state index contributed by atoms with van der Waals surface area (Å²) in [6.07, 6.45) is 0.239. The number of carbonyl (C=O) groups is 2. The van der Waals surface area contributed by atoms with Crippen molar-refractivity contribution in [2.75, 3.05) is 18.6 Å². The van der Waals surface area contributed by atoms with Gasteiger partial charge in [-0.25, -0.2) is 4.79 Å². The number of hydrogen-bond acceptors (Lipinski definition) is 3. The van der Waals surface area contributed by atoms with Crippen LogP contribution in [0.15, 0.2) is 42.5 Å². The fourth-order valence-corrected chi connectivity index (χ4v) is 3.02. The van der Waals surface area contributed by atoms with E-state index in [2.05, 4.69) is 0 Å². The van der Waals surface area contributed by atoms with Crippen LogP contribution in [0.4, 0.5) is 10.5 Å². The van der Waals surface area contributed by atoms with E-state index in [4.69, 9.17) is 24.2 Å². The maximum Gasteiger partial charge on any atom is 0.331 e. The first-order valence-electron chi connectivity index (χ1n) is 7.79. The zero-order chi connectivity index (χ0) is 18.0. The Morgan fingerprint density at radius 2 is 1.88 bits per heavy atom. The van der Waals surface area contributed by atoms with Crippen molar-refractivity contribution in [3.63, 3.8) is 0 Å². The van der Waals surface area contributed by atoms with Crippen LogP contribution in [0.3, 0.4) is 0 Å². The fraction of sp³-hybridized carbons (Fsp3) is 0.222. The van der Waals surface area contributed by atoms with Gasteiger partial charge in [0.2, 0.25) is 5.91 Å². The summed E-state index contributed by atoms with van der Waals surface area (Å²) in [6.45, 7) is 0.491. The topological polar surface area (TPSA) is 49.9 Å². The van der Waals surface area contributed by atoms with Crippen molar-refractivity contribution in [2.24, 2.45) is 0 Å². The SMILES string of the molecule is [B]c1ccc(N2CCC(=O)N(Cc3ccc(OC)cc3)C2=O)c(Cl)c1. The largest absolute Gasteiger partial charge is 0.497 e. The second-order valence-electron chi connectivity index (χ2n) is 5.72. The van der Waals surface area contributed by atoms with Crippen LogP contribution >= 0.6 is 11.6 Å². The van der Waals surface area contributed by atoms with Gasteiger partial charge in [0.15, 0.2) is 0 Å². The van der Waals surface area contributed by atoms with Gasteiger partial charge in [-0.15, -0.1) is 0 Å². The number of ether oxygens (including phenoxy) is 1. The lowest BCUT2D eigenvalue weighted by Crippen LogP contribution is -2.52. The Morgan fingerprint density at radius 3 is 2.52 bits per heavy atom. The molecule has 25 heavy (non-hydrogen) atoms. The van der Waals surface area contributed by atoms with E-state index in [1.807, 2.05) is 12.1 Å². The number of methoxy groups -OCH3 is 1. The van der Waals surface area contributed by atoms with Crippen molar-refractivity contribution in [3.8, 4) is 5.75 Å². The van der Waals surface area contributed by atoms with Crippen molar-refractivity contribution in [3.05, 3.63) is 53.1 Å². The van der Waals surface area contributed by atoms with E-state index in [9.17, 15) is 9.59 Å². The Morgan fingerprint density at radius 1 is 1.16 bits per heavy atom. The summed E-state index contributed by atoms with van der Waals surface area (Å²) >= 11 is 6.21. The number of nitrogens with zero attached hydrogens (tertiary/aromatic N) is 2. The number of rotatable bonds is 4. The van der Waals surface area contributed by atoms with E-state index < -0.39 is 6.03 Å². The van der Waals surface area contributed by atoms with Gasteiger partial charge in [-0.2, -0.15) is 0 Å². The second-order valence-corrected chi connectivity index (χ2v) is 6.13. The van der Waals surface area contributed by atoms with Crippen molar-refractivity contribution in [1.82, 2.24) is 4.90 Å². The molecule has 2 radical (unpaired) electrons. The lowest BCUT2D eigenvalue weighted by atomic mass is 9.96. The summed E-state index contributed by atoms with van der Waals surface area (Å²) in [4.78, 5) is 27.8. The number of imide groups is 1. The minimum absolute atomic E-state index is 0.199. The molecule has 0 N–H and O–H groups in total. The van der Waals surface area contributed by atoms with Gasteiger partial charge in [0.1, 0.15) is 13.6 Å². The molecule has 0 unspecified atom stereocenters. The molecule has 0 atom stereocenters. The third-order valence-electron chi connectivity index (χ3n) is 4.07. The lowest BCUT2D eigenvalue weighted by Gasteiger charge is -2.34. The first-order chi connectivity index (χ1) is 12.0. The maximum atomic E-state index is 12.8. The molecule has 0 aromatic heterocycles. The molecule has 1 heterocycles. The Hall–Kier alpha value is -2.47. The van der Waals surface area contributed by atoms with E-state index in [-0.39, 0.29) is 18.9 Å². The van der Waals surface area contributed by atoms with Gasteiger partial charge in [0.05, 0.1) is 24.4 Å². The molecule has 1 aliphatic rings. The number of hydrogen-bond donors (Lipinski definition) is 0. The molecule has 2 aromatic carbocycles. The third-order valence-corrected chi connectivity index (χ3v) is 4.38. The monoisotopic (exact) mass is 354 g/mol. The lowest BCUT2D eigenvalue weighted by molar-refractivity contribution is -0.129. The number of amides is 3. The van der Waals surface area contributed by atoms with Gasteiger partial charge in [0, 0.05) is 13.0 Å². The maximum absolute atomic E-state index is 12.8. The molecule has 5 nitrogen and oxygen atoms in total. The average Bonchev–Trinajstić information content (AvgIpc) is 2.60. The highest BCUT2D eigenvalue weighted by molar-refractivity contribution is 6.38. The first-order valence-corrected chi connectivity index (χ1v) is 8.17. The molecule has 1 saturated heterocycles. The van der Waals surface area contributed by atoms with Crippen LogP contribution in [-0.4, -0.2) is 38.3 Å². The van der Waals surface area contributed by atoms with Crippen molar-refractivity contribution in [1.29, 1.82) is 0 Å². The number of benzene rings is 2. The molecule has 0 spiro atoms. The molecule has 1 fully saturated rings. The highest BCUT2D eigenvalue weighted by Gasteiger charge is 2.33. The van der Waals surface area contributed by atoms with Gasteiger partial charge in [-0.05, 0) is 29.8 Å². The van der Waals surface area contributed by atoms with Crippen LogP contribution < -0.4 is 15.1 Å². The molecule has 126 valence electrons. The molecule has 3 amide bonds. The Labute approximate surface area is 152 Å². The van der Waals surface area contributed by atoms with Crippen LogP contribution in [0.25, 0.3) is 0 Å². The zero-order valence-electron chi connectivity index (χ0n) is 13.7. The van der Waals surface area contributed by atoms with Gasteiger partial charge >= 0.3 is 6.03 Å². The highest BCUT2D eigenvalue weighted by Crippen LogP contribution is 2.28. The zero-order valence-corrected chi connectivity index (χ0v) is 14.5. The summed E-state index contributed by atoms with van der Waals surface area (Å²) in [6, 6.07) is 11.8. The number of urea groups is 1. The van der Waals surface area contributed by atoms with E-state index in [0.717, 1.165) is 11.3 Å². The van der Waals surface area contributed by atoms with Crippen molar-refractivity contribution in [2.45, 2.75) is 13.0 Å². The summed E-state index contributed by atoms with van der Waals surface area (Å²) in [5.74, 6) is 0.513. The Balaban J connectivity index is 1.83. The third kappa shape index (κ3) is 3.64. The van der Waals surface area contributed by atoms with Gasteiger partial charge < -0.3 is 4.74 Å². The quantitative estimate of drug-likeness (QED) is 0.793. The molecule has 3 rings (SSSR count). The minimum atomic E-state index is -0.390. The van der Waals surface area contributed by atoms with Gasteiger partial charge in [0.25, 0.3) is 0 Å². The summed E-state index contributed by atoms with van der Waals surface area (Å²) < 4.78 is 5.12. The Kier molecular flexibility index (Phi) is 4.99. The molecular weight excluding hydrogens is 338 g/mol. The van der Waals surface area contributed by atoms with Crippen LogP contribution in [0, 0.1) is 0 Å². The number of halogens is 1. The highest BCUT2D eigenvalue weighted by atomic mass is 35.5. The second kappa shape index (κ2) is 7.19. The van der Waals surface area contributed by atoms with E-state index in [1.165, 1.54) is 9.80 Å². The molecule has 1 aliphatic heterocycles. The molecule has 0 saturated carbocycles. The number of carbonyl (C=O) groups excluding carboxylic acids is 2. The van der Waals surface area contributed by atoms with E-state index in [0.29, 0.717) is 22.7 Å². The Bertz CT molecular complexity index is 810. The summed E-state index contributed by atoms with van der Waals surface area (Å²) in [7, 11) is 7.29. The normalized spacial score (nSPS) is 14.8. The van der Waals surface area contributed by atoms with Crippen LogP contribution in [0.5, 0.6) is 5.75 Å². The molecule has 0 aliphatic carbocycles. The van der Waals surface area contributed by atoms with Gasteiger partial charge in [-0.1, -0.05) is 35.3 Å². The molecule has 7 heteroatoms. The van der Waals surface area contributed by atoms with Crippen molar-refractivity contribution < 1.29 is 14.3 Å². The smallest absolute Gasteiger partial charge is 0.331 e.